The predicted molar refractivity (Wildman–Crippen MR) is 108 cm³/mol. The monoisotopic (exact) mass is 381 g/mol. The minimum absolute atomic E-state index is 0.184. The van der Waals surface area contributed by atoms with Gasteiger partial charge in [0.1, 0.15) is 18.1 Å². The van der Waals surface area contributed by atoms with Crippen LogP contribution >= 0.6 is 11.6 Å². The van der Waals surface area contributed by atoms with Crippen molar-refractivity contribution in [2.24, 2.45) is 0 Å². The van der Waals surface area contributed by atoms with Crippen molar-refractivity contribution in [3.8, 4) is 11.5 Å². The van der Waals surface area contributed by atoms with Crippen LogP contribution in [0.5, 0.6) is 11.5 Å². The van der Waals surface area contributed by atoms with Crippen molar-refractivity contribution in [1.82, 2.24) is 0 Å². The van der Waals surface area contributed by atoms with Gasteiger partial charge in [0.2, 0.25) is 0 Å². The highest BCUT2D eigenvalue weighted by atomic mass is 35.5. The van der Waals surface area contributed by atoms with Gasteiger partial charge in [-0.05, 0) is 61.5 Å². The summed E-state index contributed by atoms with van der Waals surface area (Å²) < 4.78 is 11.1. The number of carbonyl (C=O) groups is 1. The van der Waals surface area contributed by atoms with Gasteiger partial charge in [-0.15, -0.1) is 0 Å². The molecule has 0 saturated carbocycles. The Bertz CT molecular complexity index is 892. The lowest BCUT2D eigenvalue weighted by Crippen LogP contribution is -2.11. The Kier molecular flexibility index (Phi) is 6.34. The van der Waals surface area contributed by atoms with Crippen LogP contribution in [0.1, 0.15) is 22.8 Å². The Morgan fingerprint density at radius 3 is 2.19 bits per heavy atom. The lowest BCUT2D eigenvalue weighted by atomic mass is 10.2. The molecule has 0 aromatic heterocycles. The first kappa shape index (κ1) is 18.8. The summed E-state index contributed by atoms with van der Waals surface area (Å²) in [7, 11) is 0. The third kappa shape index (κ3) is 5.25. The van der Waals surface area contributed by atoms with Crippen molar-refractivity contribution < 1.29 is 14.3 Å². The maximum atomic E-state index is 12.4. The Morgan fingerprint density at radius 1 is 0.889 bits per heavy atom. The zero-order valence-corrected chi connectivity index (χ0v) is 15.7. The van der Waals surface area contributed by atoms with Crippen molar-refractivity contribution in [3.63, 3.8) is 0 Å². The smallest absolute Gasteiger partial charge is 0.255 e. The van der Waals surface area contributed by atoms with Crippen LogP contribution in [0.2, 0.25) is 5.02 Å². The van der Waals surface area contributed by atoms with Crippen LogP contribution in [0.3, 0.4) is 0 Å². The highest BCUT2D eigenvalue weighted by Crippen LogP contribution is 2.20. The molecule has 27 heavy (non-hydrogen) atoms. The van der Waals surface area contributed by atoms with Crippen LogP contribution < -0.4 is 14.8 Å². The molecule has 3 aromatic rings. The molecule has 1 N–H and O–H groups in total. The lowest BCUT2D eigenvalue weighted by Gasteiger charge is -2.09. The number of carbonyl (C=O) groups excluding carboxylic acids is 1. The maximum absolute atomic E-state index is 12.4. The third-order valence-electron chi connectivity index (χ3n) is 3.89. The van der Waals surface area contributed by atoms with Gasteiger partial charge in [-0.3, -0.25) is 4.79 Å². The van der Waals surface area contributed by atoms with E-state index in [9.17, 15) is 4.79 Å². The van der Waals surface area contributed by atoms with Gasteiger partial charge in [0.25, 0.3) is 5.91 Å². The molecule has 0 heterocycles. The maximum Gasteiger partial charge on any atom is 0.255 e. The number of halogens is 1. The van der Waals surface area contributed by atoms with Crippen LogP contribution in [0.15, 0.2) is 72.8 Å². The Balaban J connectivity index is 1.57. The van der Waals surface area contributed by atoms with E-state index in [0.717, 1.165) is 11.3 Å². The van der Waals surface area contributed by atoms with Gasteiger partial charge >= 0.3 is 0 Å². The normalized spacial score (nSPS) is 10.3. The first-order valence-corrected chi connectivity index (χ1v) is 9.04. The summed E-state index contributed by atoms with van der Waals surface area (Å²) in [6.45, 7) is 2.91. The largest absolute Gasteiger partial charge is 0.494 e. The molecule has 0 aliphatic heterocycles. The number of rotatable bonds is 7. The van der Waals surface area contributed by atoms with E-state index in [2.05, 4.69) is 5.32 Å². The Morgan fingerprint density at radius 2 is 1.52 bits per heavy atom. The average Bonchev–Trinajstić information content (AvgIpc) is 2.69. The van der Waals surface area contributed by atoms with E-state index in [4.69, 9.17) is 21.1 Å². The standard InChI is InChI=1S/C22H20ClNO3/c1-2-26-19-13-9-18(10-14-19)24-22(25)16-7-11-20(12-8-16)27-15-17-5-3-4-6-21(17)23/h3-14H,2,15H2,1H3,(H,24,25). The molecule has 5 heteroatoms. The minimum Gasteiger partial charge on any atom is -0.494 e. The molecule has 4 nitrogen and oxygen atoms in total. The molecule has 138 valence electrons. The quantitative estimate of drug-likeness (QED) is 0.582. The fraction of sp³-hybridized carbons (Fsp3) is 0.136. The summed E-state index contributed by atoms with van der Waals surface area (Å²) in [4.78, 5) is 12.4. The van der Waals surface area contributed by atoms with Gasteiger partial charge in [-0.2, -0.15) is 0 Å². The van der Waals surface area contributed by atoms with E-state index in [-0.39, 0.29) is 5.91 Å². The number of benzene rings is 3. The van der Waals surface area contributed by atoms with Gasteiger partial charge in [-0.25, -0.2) is 0 Å². The van der Waals surface area contributed by atoms with Gasteiger partial charge in [0, 0.05) is 21.8 Å². The van der Waals surface area contributed by atoms with Crippen molar-refractivity contribution in [2.45, 2.75) is 13.5 Å². The van der Waals surface area contributed by atoms with Crippen molar-refractivity contribution in [1.29, 1.82) is 0 Å². The number of anilines is 1. The molecule has 0 fully saturated rings. The predicted octanol–water partition coefficient (Wildman–Crippen LogP) is 5.57. The van der Waals surface area contributed by atoms with E-state index in [1.54, 1.807) is 24.3 Å². The molecular formula is C22H20ClNO3. The molecule has 0 bridgehead atoms. The molecule has 0 spiro atoms. The average molecular weight is 382 g/mol. The van der Waals surface area contributed by atoms with Crippen LogP contribution in [-0.4, -0.2) is 12.5 Å². The summed E-state index contributed by atoms with van der Waals surface area (Å²) >= 11 is 6.12. The third-order valence-corrected chi connectivity index (χ3v) is 4.26. The summed E-state index contributed by atoms with van der Waals surface area (Å²) in [5.74, 6) is 1.26. The lowest BCUT2D eigenvalue weighted by molar-refractivity contribution is 0.102. The number of nitrogens with one attached hydrogen (secondary N) is 1. The summed E-state index contributed by atoms with van der Waals surface area (Å²) in [5, 5.41) is 3.53. The van der Waals surface area contributed by atoms with Gasteiger partial charge < -0.3 is 14.8 Å². The second-order valence-electron chi connectivity index (χ2n) is 5.82. The topological polar surface area (TPSA) is 47.6 Å². The van der Waals surface area contributed by atoms with Gasteiger partial charge in [0.05, 0.1) is 6.61 Å². The molecule has 0 aliphatic rings. The zero-order valence-electron chi connectivity index (χ0n) is 14.9. The highest BCUT2D eigenvalue weighted by Gasteiger charge is 2.07. The first-order valence-electron chi connectivity index (χ1n) is 8.66. The second kappa shape index (κ2) is 9.10. The minimum atomic E-state index is -0.184. The molecule has 0 radical (unpaired) electrons. The second-order valence-corrected chi connectivity index (χ2v) is 6.22. The van der Waals surface area contributed by atoms with Crippen molar-refractivity contribution >= 4 is 23.2 Å². The Hall–Kier alpha value is -2.98. The summed E-state index contributed by atoms with van der Waals surface area (Å²) in [6, 6.07) is 21.8. The molecule has 3 aromatic carbocycles. The van der Waals surface area contributed by atoms with E-state index >= 15 is 0 Å². The Labute approximate surface area is 163 Å². The van der Waals surface area contributed by atoms with E-state index < -0.39 is 0 Å². The van der Waals surface area contributed by atoms with E-state index in [0.29, 0.717) is 35.2 Å². The highest BCUT2D eigenvalue weighted by molar-refractivity contribution is 6.31. The molecule has 3 rings (SSSR count). The van der Waals surface area contributed by atoms with Gasteiger partial charge in [-0.1, -0.05) is 29.8 Å². The van der Waals surface area contributed by atoms with Crippen LogP contribution in [-0.2, 0) is 6.61 Å². The number of ether oxygens (including phenoxy) is 2. The van der Waals surface area contributed by atoms with Crippen LogP contribution in [0, 0.1) is 0 Å². The van der Waals surface area contributed by atoms with E-state index in [1.165, 1.54) is 0 Å². The molecule has 0 aliphatic carbocycles. The SMILES string of the molecule is CCOc1ccc(NC(=O)c2ccc(OCc3ccccc3Cl)cc2)cc1. The van der Waals surface area contributed by atoms with Crippen LogP contribution in [0.4, 0.5) is 5.69 Å². The zero-order chi connectivity index (χ0) is 19.1. The fourth-order valence-corrected chi connectivity index (χ4v) is 2.67. The summed E-state index contributed by atoms with van der Waals surface area (Å²) in [5.41, 5.74) is 2.17. The molecule has 0 unspecified atom stereocenters. The molecule has 0 atom stereocenters. The first-order chi connectivity index (χ1) is 13.2. The van der Waals surface area contributed by atoms with Crippen molar-refractivity contribution in [2.75, 3.05) is 11.9 Å². The number of amides is 1. The molecular weight excluding hydrogens is 362 g/mol. The van der Waals surface area contributed by atoms with E-state index in [1.807, 2.05) is 55.5 Å². The number of hydrogen-bond acceptors (Lipinski definition) is 3. The van der Waals surface area contributed by atoms with Crippen molar-refractivity contribution in [3.05, 3.63) is 88.9 Å². The number of hydrogen-bond donors (Lipinski definition) is 1. The van der Waals surface area contributed by atoms with Crippen LogP contribution in [0.25, 0.3) is 0 Å². The molecule has 0 saturated heterocycles. The molecule has 1 amide bonds. The fourth-order valence-electron chi connectivity index (χ4n) is 2.48. The van der Waals surface area contributed by atoms with Gasteiger partial charge in [0.15, 0.2) is 0 Å². The summed E-state index contributed by atoms with van der Waals surface area (Å²) in [6.07, 6.45) is 0.